The first-order chi connectivity index (χ1) is 9.31. The first-order valence-electron chi connectivity index (χ1n) is 6.66. The highest BCUT2D eigenvalue weighted by Crippen LogP contribution is 2.14. The number of likely N-dealkylation sites (N-methyl/N-ethyl adjacent to an activating group) is 1. The van der Waals surface area contributed by atoms with E-state index in [1.165, 1.54) is 0 Å². The van der Waals surface area contributed by atoms with Gasteiger partial charge in [0.1, 0.15) is 11.6 Å². The monoisotopic (exact) mass is 282 g/mol. The van der Waals surface area contributed by atoms with Gasteiger partial charge in [0.25, 0.3) is 5.91 Å². The van der Waals surface area contributed by atoms with E-state index in [-0.39, 0.29) is 17.3 Å². The molecule has 0 atom stereocenters. The van der Waals surface area contributed by atoms with Gasteiger partial charge in [-0.3, -0.25) is 4.79 Å². The molecule has 0 spiro atoms. The number of nitrogens with zero attached hydrogens (tertiary/aromatic N) is 3. The molecule has 0 fully saturated rings. The average Bonchev–Trinajstić information content (AvgIpc) is 2.36. The molecule has 1 aromatic heterocycles. The number of aromatic nitrogens is 1. The van der Waals surface area contributed by atoms with Gasteiger partial charge in [0.2, 0.25) is 0 Å². The van der Waals surface area contributed by atoms with Crippen LogP contribution in [0.25, 0.3) is 0 Å². The number of carbonyl (C=O) groups is 1. The maximum Gasteiger partial charge on any atom is 0.257 e. The summed E-state index contributed by atoms with van der Waals surface area (Å²) in [5.41, 5.74) is 5.81. The van der Waals surface area contributed by atoms with Crippen molar-refractivity contribution in [1.82, 2.24) is 14.8 Å². The highest BCUT2D eigenvalue weighted by atomic mass is 19.1. The van der Waals surface area contributed by atoms with Crippen molar-refractivity contribution in [1.29, 1.82) is 0 Å². The first-order valence-corrected chi connectivity index (χ1v) is 6.66. The average molecular weight is 282 g/mol. The molecule has 0 saturated heterocycles. The summed E-state index contributed by atoms with van der Waals surface area (Å²) in [6, 6.07) is 1.15. The minimum Gasteiger partial charge on any atom is -0.383 e. The Kier molecular flexibility index (Phi) is 5.88. The van der Waals surface area contributed by atoms with Crippen LogP contribution < -0.4 is 5.73 Å². The van der Waals surface area contributed by atoms with E-state index < -0.39 is 5.82 Å². The Morgan fingerprint density at radius 3 is 2.60 bits per heavy atom. The van der Waals surface area contributed by atoms with Crippen molar-refractivity contribution in [3.05, 3.63) is 23.6 Å². The van der Waals surface area contributed by atoms with E-state index in [0.29, 0.717) is 19.0 Å². The van der Waals surface area contributed by atoms with Gasteiger partial charge in [-0.25, -0.2) is 9.37 Å². The number of amides is 1. The van der Waals surface area contributed by atoms with Crippen LogP contribution in [0.15, 0.2) is 12.3 Å². The Bertz CT molecular complexity index is 462. The number of hydrogen-bond donors (Lipinski definition) is 1. The largest absolute Gasteiger partial charge is 0.383 e. The van der Waals surface area contributed by atoms with Crippen molar-refractivity contribution in [2.45, 2.75) is 13.8 Å². The first kappa shape index (κ1) is 16.4. The van der Waals surface area contributed by atoms with E-state index in [2.05, 4.69) is 4.98 Å². The molecule has 0 saturated carbocycles. The second kappa shape index (κ2) is 7.19. The van der Waals surface area contributed by atoms with Crippen molar-refractivity contribution < 1.29 is 9.18 Å². The van der Waals surface area contributed by atoms with Gasteiger partial charge >= 0.3 is 0 Å². The second-order valence-corrected chi connectivity index (χ2v) is 5.53. The topological polar surface area (TPSA) is 62.5 Å². The summed E-state index contributed by atoms with van der Waals surface area (Å²) in [4.78, 5) is 19.9. The van der Waals surface area contributed by atoms with Gasteiger partial charge < -0.3 is 15.5 Å². The Morgan fingerprint density at radius 1 is 1.40 bits per heavy atom. The van der Waals surface area contributed by atoms with Crippen molar-refractivity contribution in [2.24, 2.45) is 5.92 Å². The van der Waals surface area contributed by atoms with Crippen LogP contribution in [0.3, 0.4) is 0 Å². The van der Waals surface area contributed by atoms with E-state index in [0.717, 1.165) is 18.8 Å². The van der Waals surface area contributed by atoms with Crippen LogP contribution in [-0.4, -0.2) is 54.4 Å². The highest BCUT2D eigenvalue weighted by molar-refractivity contribution is 5.98. The maximum absolute atomic E-state index is 13.3. The molecular formula is C14H23FN4O. The van der Waals surface area contributed by atoms with E-state index in [4.69, 9.17) is 5.73 Å². The summed E-state index contributed by atoms with van der Waals surface area (Å²) in [5, 5.41) is 0. The number of pyridine rings is 1. The molecule has 6 heteroatoms. The lowest BCUT2D eigenvalue weighted by Crippen LogP contribution is -2.39. The Labute approximate surface area is 119 Å². The fourth-order valence-electron chi connectivity index (χ4n) is 1.83. The number of nitrogen functional groups attached to an aromatic ring is 1. The molecule has 1 rings (SSSR count). The quantitative estimate of drug-likeness (QED) is 0.858. The van der Waals surface area contributed by atoms with Crippen molar-refractivity contribution in [2.75, 3.05) is 39.5 Å². The molecule has 0 aliphatic rings. The van der Waals surface area contributed by atoms with Gasteiger partial charge in [0.05, 0.1) is 11.8 Å². The molecule has 112 valence electrons. The molecule has 20 heavy (non-hydrogen) atoms. The Balaban J connectivity index is 2.93. The summed E-state index contributed by atoms with van der Waals surface area (Å²) in [5.74, 6) is -0.441. The summed E-state index contributed by atoms with van der Waals surface area (Å²) >= 11 is 0. The van der Waals surface area contributed by atoms with Gasteiger partial charge in [-0.2, -0.15) is 0 Å². The normalized spacial score (nSPS) is 11.2. The zero-order chi connectivity index (χ0) is 15.3. The summed E-state index contributed by atoms with van der Waals surface area (Å²) < 4.78 is 13.3. The minimum atomic E-state index is -0.556. The molecule has 0 unspecified atom stereocenters. The number of anilines is 1. The SMILES string of the molecule is CC(C)CN(CCN(C)C)C(=O)c1cc(F)cnc1N. The number of nitrogens with two attached hydrogens (primary N) is 1. The van der Waals surface area contributed by atoms with Crippen molar-refractivity contribution in [3.8, 4) is 0 Å². The smallest absolute Gasteiger partial charge is 0.257 e. The van der Waals surface area contributed by atoms with Crippen LogP contribution in [0.5, 0.6) is 0 Å². The van der Waals surface area contributed by atoms with Crippen LogP contribution in [-0.2, 0) is 0 Å². The van der Waals surface area contributed by atoms with Gasteiger partial charge in [-0.15, -0.1) is 0 Å². The molecule has 2 N–H and O–H groups in total. The van der Waals surface area contributed by atoms with Crippen LogP contribution in [0.1, 0.15) is 24.2 Å². The van der Waals surface area contributed by atoms with Gasteiger partial charge in [-0.05, 0) is 26.1 Å². The third-order valence-electron chi connectivity index (χ3n) is 2.81. The van der Waals surface area contributed by atoms with Crippen LogP contribution in [0.2, 0.25) is 0 Å². The maximum atomic E-state index is 13.3. The van der Waals surface area contributed by atoms with Gasteiger partial charge in [0, 0.05) is 19.6 Å². The standard InChI is InChI=1S/C14H23FN4O/c1-10(2)9-19(6-5-18(3)4)14(20)12-7-11(15)8-17-13(12)16/h7-8,10H,5-6,9H2,1-4H3,(H2,16,17). The summed E-state index contributed by atoms with van der Waals surface area (Å²) in [6.45, 7) is 5.97. The number of halogens is 1. The molecule has 5 nitrogen and oxygen atoms in total. The lowest BCUT2D eigenvalue weighted by Gasteiger charge is -2.26. The second-order valence-electron chi connectivity index (χ2n) is 5.53. The summed E-state index contributed by atoms with van der Waals surface area (Å²) in [7, 11) is 3.88. The number of hydrogen-bond acceptors (Lipinski definition) is 4. The van der Waals surface area contributed by atoms with Crippen LogP contribution in [0.4, 0.5) is 10.2 Å². The Morgan fingerprint density at radius 2 is 2.05 bits per heavy atom. The molecular weight excluding hydrogens is 259 g/mol. The zero-order valence-corrected chi connectivity index (χ0v) is 12.6. The predicted octanol–water partition coefficient (Wildman–Crippen LogP) is 1.46. The third-order valence-corrected chi connectivity index (χ3v) is 2.81. The van der Waals surface area contributed by atoms with E-state index in [9.17, 15) is 9.18 Å². The third kappa shape index (κ3) is 4.77. The van der Waals surface area contributed by atoms with E-state index >= 15 is 0 Å². The molecule has 1 amide bonds. The predicted molar refractivity (Wildman–Crippen MR) is 77.9 cm³/mol. The highest BCUT2D eigenvalue weighted by Gasteiger charge is 2.20. The van der Waals surface area contributed by atoms with E-state index in [1.54, 1.807) is 4.90 Å². The Hall–Kier alpha value is -1.69. The lowest BCUT2D eigenvalue weighted by atomic mass is 10.1. The molecule has 0 aliphatic heterocycles. The molecule has 1 heterocycles. The van der Waals surface area contributed by atoms with Gasteiger partial charge in [-0.1, -0.05) is 13.8 Å². The number of carbonyl (C=O) groups excluding carboxylic acids is 1. The lowest BCUT2D eigenvalue weighted by molar-refractivity contribution is 0.0725. The molecule has 0 aromatic carbocycles. The fraction of sp³-hybridized carbons (Fsp3) is 0.571. The van der Waals surface area contributed by atoms with Crippen LogP contribution in [0, 0.1) is 11.7 Å². The summed E-state index contributed by atoms with van der Waals surface area (Å²) in [6.07, 6.45) is 1.01. The number of rotatable bonds is 6. The minimum absolute atomic E-state index is 0.0648. The van der Waals surface area contributed by atoms with Crippen LogP contribution >= 0.6 is 0 Å². The van der Waals surface area contributed by atoms with Gasteiger partial charge in [0.15, 0.2) is 0 Å². The zero-order valence-electron chi connectivity index (χ0n) is 12.6. The van der Waals surface area contributed by atoms with Crippen molar-refractivity contribution >= 4 is 11.7 Å². The van der Waals surface area contributed by atoms with Crippen molar-refractivity contribution in [3.63, 3.8) is 0 Å². The molecule has 0 radical (unpaired) electrons. The molecule has 0 bridgehead atoms. The fourth-order valence-corrected chi connectivity index (χ4v) is 1.83. The molecule has 0 aliphatic carbocycles. The molecule has 1 aromatic rings. The van der Waals surface area contributed by atoms with E-state index in [1.807, 2.05) is 32.8 Å².